The summed E-state index contributed by atoms with van der Waals surface area (Å²) in [5.74, 6) is -0.0929. The Labute approximate surface area is 187 Å². The number of aryl methyl sites for hydroxylation is 2. The maximum Gasteiger partial charge on any atom is 0.282 e. The number of rotatable bonds is 4. The van der Waals surface area contributed by atoms with Crippen molar-refractivity contribution < 1.29 is 9.59 Å². The highest BCUT2D eigenvalue weighted by atomic mass is 79.9. The zero-order valence-corrected chi connectivity index (χ0v) is 19.1. The number of carbonyl (C=O) groups is 2. The molecule has 0 radical (unpaired) electrons. The molecule has 164 valence electrons. The van der Waals surface area contributed by atoms with E-state index in [4.69, 9.17) is 5.73 Å². The van der Waals surface area contributed by atoms with Gasteiger partial charge in [0.05, 0.1) is 11.0 Å². The normalized spacial score (nSPS) is 31.1. The molecular formula is C21H25BrN6O3. The topological polar surface area (TPSA) is 125 Å². The van der Waals surface area contributed by atoms with Gasteiger partial charge < -0.3 is 5.73 Å². The van der Waals surface area contributed by atoms with E-state index in [2.05, 4.69) is 31.4 Å². The van der Waals surface area contributed by atoms with Crippen LogP contribution in [0, 0.1) is 31.1 Å². The average Bonchev–Trinajstić information content (AvgIpc) is 3.10. The van der Waals surface area contributed by atoms with Gasteiger partial charge in [0.15, 0.2) is 0 Å². The van der Waals surface area contributed by atoms with Gasteiger partial charge >= 0.3 is 0 Å². The van der Waals surface area contributed by atoms with Crippen LogP contribution in [0.4, 0.5) is 0 Å². The highest BCUT2D eigenvalue weighted by Crippen LogP contribution is 2.64. The van der Waals surface area contributed by atoms with Crippen molar-refractivity contribution in [3.8, 4) is 0 Å². The first-order valence-corrected chi connectivity index (χ1v) is 11.3. The van der Waals surface area contributed by atoms with Crippen LogP contribution in [0.15, 0.2) is 21.9 Å². The minimum atomic E-state index is -0.795. The van der Waals surface area contributed by atoms with Crippen LogP contribution in [0.5, 0.6) is 0 Å². The van der Waals surface area contributed by atoms with Gasteiger partial charge in [-0.05, 0) is 91.8 Å². The van der Waals surface area contributed by atoms with Crippen LogP contribution in [-0.4, -0.2) is 31.3 Å². The fourth-order valence-electron chi connectivity index (χ4n) is 6.77. The Hall–Kier alpha value is -2.49. The lowest BCUT2D eigenvalue weighted by Crippen LogP contribution is -2.61. The fraction of sp³-hybridized carbons (Fsp3) is 0.571. The molecule has 0 aromatic carbocycles. The zero-order chi connectivity index (χ0) is 22.1. The first-order valence-electron chi connectivity index (χ1n) is 10.5. The Morgan fingerprint density at radius 2 is 1.90 bits per heavy atom. The van der Waals surface area contributed by atoms with Crippen molar-refractivity contribution in [3.63, 3.8) is 0 Å². The summed E-state index contributed by atoms with van der Waals surface area (Å²) in [6, 6.07) is 1.69. The standard InChI is InChI=1S/C21H25BrN6O3/c1-11-3-12(2)28(17(30)15(11)16(23)29)25-18(31)20-5-13-4-14(6-20)8-21(7-13,9-20)27-10-24-19(22)26-27/h3,10,13-14H,4-9H2,1-2H3,(H2,23,29)(H,25,31). The van der Waals surface area contributed by atoms with Crippen LogP contribution in [-0.2, 0) is 10.3 Å². The molecule has 4 aliphatic carbocycles. The van der Waals surface area contributed by atoms with E-state index in [1.165, 1.54) is 4.68 Å². The molecule has 4 bridgehead atoms. The van der Waals surface area contributed by atoms with Crippen molar-refractivity contribution in [2.24, 2.45) is 23.0 Å². The molecule has 2 heterocycles. The molecule has 2 unspecified atom stereocenters. The van der Waals surface area contributed by atoms with Gasteiger partial charge in [0.1, 0.15) is 11.9 Å². The predicted octanol–water partition coefficient (Wildman–Crippen LogP) is 1.98. The first kappa shape index (κ1) is 20.4. The molecule has 2 aromatic heterocycles. The molecule has 2 aromatic rings. The lowest BCUT2D eigenvalue weighted by Gasteiger charge is -2.60. The summed E-state index contributed by atoms with van der Waals surface area (Å²) >= 11 is 3.34. The van der Waals surface area contributed by atoms with Crippen LogP contribution in [0.2, 0.25) is 0 Å². The maximum atomic E-state index is 13.7. The third kappa shape index (κ3) is 3.06. The van der Waals surface area contributed by atoms with Crippen molar-refractivity contribution >= 4 is 27.7 Å². The van der Waals surface area contributed by atoms with Gasteiger partial charge in [0, 0.05) is 5.69 Å². The summed E-state index contributed by atoms with van der Waals surface area (Å²) in [6.07, 6.45) is 7.12. The third-order valence-electron chi connectivity index (χ3n) is 7.51. The van der Waals surface area contributed by atoms with Gasteiger partial charge in [0.25, 0.3) is 11.5 Å². The van der Waals surface area contributed by atoms with E-state index in [1.54, 1.807) is 26.2 Å². The number of nitrogens with zero attached hydrogens (tertiary/aromatic N) is 4. The number of amides is 2. The molecule has 0 spiro atoms. The molecule has 6 rings (SSSR count). The van der Waals surface area contributed by atoms with Crippen LogP contribution in [0.1, 0.15) is 60.1 Å². The maximum absolute atomic E-state index is 13.7. The summed E-state index contributed by atoms with van der Waals surface area (Å²) in [4.78, 5) is 42.6. The van der Waals surface area contributed by atoms with Crippen molar-refractivity contribution in [1.29, 1.82) is 0 Å². The number of halogens is 1. The quantitative estimate of drug-likeness (QED) is 0.680. The van der Waals surface area contributed by atoms with Gasteiger partial charge in [-0.25, -0.2) is 14.3 Å². The van der Waals surface area contributed by atoms with Crippen molar-refractivity contribution in [2.45, 2.75) is 57.9 Å². The number of nitrogens with two attached hydrogens (primary N) is 1. The van der Waals surface area contributed by atoms with Crippen LogP contribution in [0.3, 0.4) is 0 Å². The number of aromatic nitrogens is 4. The highest BCUT2D eigenvalue weighted by molar-refractivity contribution is 9.10. The lowest BCUT2D eigenvalue weighted by molar-refractivity contribution is -0.151. The van der Waals surface area contributed by atoms with E-state index in [0.717, 1.165) is 32.1 Å². The minimum Gasteiger partial charge on any atom is -0.365 e. The van der Waals surface area contributed by atoms with E-state index < -0.39 is 16.9 Å². The Morgan fingerprint density at radius 1 is 1.23 bits per heavy atom. The Morgan fingerprint density at radius 3 is 2.48 bits per heavy atom. The molecule has 0 aliphatic heterocycles. The van der Waals surface area contributed by atoms with Gasteiger partial charge in [-0.1, -0.05) is 0 Å². The van der Waals surface area contributed by atoms with E-state index in [0.29, 0.717) is 34.2 Å². The average molecular weight is 489 g/mol. The number of primary amides is 1. The molecule has 4 fully saturated rings. The molecule has 4 saturated carbocycles. The van der Waals surface area contributed by atoms with Crippen molar-refractivity contribution in [1.82, 2.24) is 19.4 Å². The molecule has 2 amide bonds. The summed E-state index contributed by atoms with van der Waals surface area (Å²) in [6.45, 7) is 3.40. The molecule has 10 heteroatoms. The second-order valence-electron chi connectivity index (χ2n) is 9.71. The van der Waals surface area contributed by atoms with Crippen LogP contribution >= 0.6 is 15.9 Å². The molecule has 0 saturated heterocycles. The molecule has 2 atom stereocenters. The number of pyridine rings is 1. The van der Waals surface area contributed by atoms with Gasteiger partial charge in [-0.15, -0.1) is 5.10 Å². The third-order valence-corrected chi connectivity index (χ3v) is 7.87. The number of hydrogen-bond donors (Lipinski definition) is 2. The van der Waals surface area contributed by atoms with Gasteiger partial charge in [-0.3, -0.25) is 19.8 Å². The second kappa shape index (κ2) is 6.75. The molecular weight excluding hydrogens is 464 g/mol. The van der Waals surface area contributed by atoms with Gasteiger partial charge in [0.2, 0.25) is 10.6 Å². The Bertz CT molecular complexity index is 1150. The second-order valence-corrected chi connectivity index (χ2v) is 10.4. The van der Waals surface area contributed by atoms with E-state index in [1.807, 2.05) is 4.68 Å². The van der Waals surface area contributed by atoms with Crippen molar-refractivity contribution in [3.05, 3.63) is 44.3 Å². The van der Waals surface area contributed by atoms with E-state index in [9.17, 15) is 14.4 Å². The summed E-state index contributed by atoms with van der Waals surface area (Å²) < 4.78 is 3.65. The Balaban J connectivity index is 1.51. The summed E-state index contributed by atoms with van der Waals surface area (Å²) in [5.41, 5.74) is 7.82. The zero-order valence-electron chi connectivity index (χ0n) is 17.5. The molecule has 9 nitrogen and oxygen atoms in total. The summed E-state index contributed by atoms with van der Waals surface area (Å²) in [7, 11) is 0. The number of nitrogens with one attached hydrogen (secondary N) is 1. The predicted molar refractivity (Wildman–Crippen MR) is 116 cm³/mol. The number of hydrogen-bond acceptors (Lipinski definition) is 5. The Kier molecular flexibility index (Phi) is 4.45. The monoisotopic (exact) mass is 488 g/mol. The molecule has 3 N–H and O–H groups in total. The molecule has 31 heavy (non-hydrogen) atoms. The smallest absolute Gasteiger partial charge is 0.282 e. The minimum absolute atomic E-state index is 0.0969. The first-order chi connectivity index (χ1) is 14.6. The lowest BCUT2D eigenvalue weighted by atomic mass is 9.46. The highest BCUT2D eigenvalue weighted by Gasteiger charge is 2.62. The summed E-state index contributed by atoms with van der Waals surface area (Å²) in [5, 5.41) is 4.53. The van der Waals surface area contributed by atoms with Crippen LogP contribution in [0.25, 0.3) is 0 Å². The van der Waals surface area contributed by atoms with Crippen LogP contribution < -0.4 is 16.7 Å². The number of carbonyl (C=O) groups excluding carboxylic acids is 2. The molecule has 4 aliphatic rings. The fourth-order valence-corrected chi connectivity index (χ4v) is 7.03. The van der Waals surface area contributed by atoms with Gasteiger partial charge in [-0.2, -0.15) is 0 Å². The van der Waals surface area contributed by atoms with E-state index >= 15 is 0 Å². The largest absolute Gasteiger partial charge is 0.365 e. The SMILES string of the molecule is Cc1cc(C)n(NC(=O)C23CC4CC(C2)CC(n2cnc(Br)n2)(C4)C3)c(=O)c1C(N)=O. The van der Waals surface area contributed by atoms with E-state index in [-0.39, 0.29) is 17.0 Å². The van der Waals surface area contributed by atoms with Crippen molar-refractivity contribution in [2.75, 3.05) is 5.43 Å².